The Labute approximate surface area is 282 Å². The fourth-order valence-corrected chi connectivity index (χ4v) is 8.34. The maximum Gasteiger partial charge on any atom is 0.0562 e. The van der Waals surface area contributed by atoms with Crippen molar-refractivity contribution in [3.63, 3.8) is 0 Å². The summed E-state index contributed by atoms with van der Waals surface area (Å²) in [6, 6.07) is 64.3. The Bertz CT molecular complexity index is 3060. The van der Waals surface area contributed by atoms with Crippen LogP contribution in [-0.2, 0) is 0 Å². The Morgan fingerprint density at radius 3 is 1.45 bits per heavy atom. The van der Waals surface area contributed by atoms with Gasteiger partial charge in [-0.2, -0.15) is 0 Å². The van der Waals surface area contributed by atoms with Crippen LogP contribution in [0.3, 0.4) is 0 Å². The van der Waals surface area contributed by atoms with Gasteiger partial charge in [0.25, 0.3) is 0 Å². The van der Waals surface area contributed by atoms with Crippen molar-refractivity contribution in [1.29, 1.82) is 0 Å². The smallest absolute Gasteiger partial charge is 0.0562 e. The first-order valence-corrected chi connectivity index (χ1v) is 16.9. The molecule has 0 unspecified atom stereocenters. The fraction of sp³-hybridized carbons (Fsp3) is 0. The first-order chi connectivity index (χ1) is 24.3. The zero-order valence-electron chi connectivity index (χ0n) is 26.6. The number of nitrogens with zero attached hydrogens (tertiary/aromatic N) is 3. The van der Waals surface area contributed by atoms with E-state index in [-0.39, 0.29) is 0 Å². The molecule has 0 aliphatic rings. The summed E-state index contributed by atoms with van der Waals surface area (Å²) in [5.74, 6) is 0. The minimum absolute atomic E-state index is 1.15. The van der Waals surface area contributed by atoms with Crippen LogP contribution in [0.15, 0.2) is 176 Å². The van der Waals surface area contributed by atoms with Crippen LogP contribution in [0.25, 0.3) is 93.3 Å². The van der Waals surface area contributed by atoms with E-state index in [9.17, 15) is 0 Å². The second-order valence-electron chi connectivity index (χ2n) is 13.0. The Hall–Kier alpha value is -6.58. The highest BCUT2D eigenvalue weighted by atomic mass is 15.0. The van der Waals surface area contributed by atoms with Crippen LogP contribution in [0.1, 0.15) is 0 Å². The van der Waals surface area contributed by atoms with E-state index in [1.54, 1.807) is 0 Å². The molecule has 3 aromatic heterocycles. The minimum atomic E-state index is 1.15. The number of rotatable bonds is 3. The van der Waals surface area contributed by atoms with Gasteiger partial charge in [-0.05, 0) is 77.5 Å². The Kier molecular flexibility index (Phi) is 5.38. The van der Waals surface area contributed by atoms with Crippen molar-refractivity contribution in [1.82, 2.24) is 13.7 Å². The van der Waals surface area contributed by atoms with E-state index in [0.717, 1.165) is 5.69 Å². The molecular weight excluding hydrogens is 595 g/mol. The van der Waals surface area contributed by atoms with E-state index in [4.69, 9.17) is 0 Å². The monoisotopic (exact) mass is 623 g/mol. The molecule has 0 fully saturated rings. The molecule has 11 rings (SSSR count). The van der Waals surface area contributed by atoms with Crippen LogP contribution in [0.4, 0.5) is 0 Å². The van der Waals surface area contributed by atoms with Gasteiger partial charge in [-0.15, -0.1) is 0 Å². The van der Waals surface area contributed by atoms with Crippen molar-refractivity contribution >= 4 is 76.2 Å². The number of para-hydroxylation sites is 4. The molecule has 11 aromatic rings. The molecule has 3 nitrogen and oxygen atoms in total. The van der Waals surface area contributed by atoms with Gasteiger partial charge in [0.15, 0.2) is 0 Å². The highest BCUT2D eigenvalue weighted by molar-refractivity contribution is 6.17. The molecule has 0 aliphatic carbocycles. The third-order valence-corrected chi connectivity index (χ3v) is 10.4. The molecule has 0 bridgehead atoms. The molecule has 49 heavy (non-hydrogen) atoms. The van der Waals surface area contributed by atoms with Crippen LogP contribution in [0, 0.1) is 0 Å². The largest absolute Gasteiger partial charge is 0.309 e. The lowest BCUT2D eigenvalue weighted by Crippen LogP contribution is -1.97. The number of fused-ring (bicyclic) bond motifs is 10. The van der Waals surface area contributed by atoms with Crippen molar-refractivity contribution in [2.45, 2.75) is 0 Å². The van der Waals surface area contributed by atoms with Crippen LogP contribution in [0.5, 0.6) is 0 Å². The molecule has 8 aromatic carbocycles. The predicted molar refractivity (Wildman–Crippen MR) is 207 cm³/mol. The topological polar surface area (TPSA) is 14.8 Å². The van der Waals surface area contributed by atoms with E-state index >= 15 is 0 Å². The van der Waals surface area contributed by atoms with Crippen LogP contribution < -0.4 is 0 Å². The summed E-state index contributed by atoms with van der Waals surface area (Å²) in [5.41, 5.74) is 10.8. The summed E-state index contributed by atoms with van der Waals surface area (Å²) in [4.78, 5) is 0. The van der Waals surface area contributed by atoms with Crippen LogP contribution in [0.2, 0.25) is 0 Å². The Morgan fingerprint density at radius 2 is 0.735 bits per heavy atom. The number of aromatic nitrogens is 3. The molecule has 228 valence electrons. The van der Waals surface area contributed by atoms with Crippen molar-refractivity contribution in [3.8, 4) is 17.1 Å². The summed E-state index contributed by atoms with van der Waals surface area (Å²) in [7, 11) is 0. The third-order valence-electron chi connectivity index (χ3n) is 10.4. The molecule has 0 atom stereocenters. The molecular formula is C46H29N3. The zero-order valence-corrected chi connectivity index (χ0v) is 26.6. The molecule has 0 saturated heterocycles. The van der Waals surface area contributed by atoms with E-state index in [0.29, 0.717) is 0 Å². The van der Waals surface area contributed by atoms with Gasteiger partial charge < -0.3 is 13.7 Å². The summed E-state index contributed by atoms with van der Waals surface area (Å²) in [6.45, 7) is 0. The quantitative estimate of drug-likeness (QED) is 0.186. The molecule has 0 aliphatic heterocycles. The van der Waals surface area contributed by atoms with Crippen molar-refractivity contribution in [3.05, 3.63) is 176 Å². The average Bonchev–Trinajstić information content (AvgIpc) is 3.80. The van der Waals surface area contributed by atoms with Gasteiger partial charge in [-0.1, -0.05) is 109 Å². The van der Waals surface area contributed by atoms with Crippen LogP contribution in [-0.4, -0.2) is 13.7 Å². The first-order valence-electron chi connectivity index (χ1n) is 16.9. The van der Waals surface area contributed by atoms with Crippen molar-refractivity contribution < 1.29 is 0 Å². The molecule has 0 N–H and O–H groups in total. The third kappa shape index (κ3) is 3.67. The van der Waals surface area contributed by atoms with Gasteiger partial charge in [0.1, 0.15) is 0 Å². The lowest BCUT2D eigenvalue weighted by Gasteiger charge is -2.12. The molecule has 3 heterocycles. The normalized spacial score (nSPS) is 12.1. The van der Waals surface area contributed by atoms with E-state index in [1.807, 2.05) is 0 Å². The maximum absolute atomic E-state index is 2.45. The van der Waals surface area contributed by atoms with Gasteiger partial charge in [0, 0.05) is 43.7 Å². The van der Waals surface area contributed by atoms with Crippen molar-refractivity contribution in [2.75, 3.05) is 0 Å². The average molecular weight is 624 g/mol. The fourth-order valence-electron chi connectivity index (χ4n) is 8.34. The van der Waals surface area contributed by atoms with Gasteiger partial charge in [-0.3, -0.25) is 0 Å². The van der Waals surface area contributed by atoms with Crippen molar-refractivity contribution in [2.24, 2.45) is 0 Å². The second kappa shape index (κ2) is 9.96. The minimum Gasteiger partial charge on any atom is -0.309 e. The van der Waals surface area contributed by atoms with E-state index < -0.39 is 0 Å². The standard InChI is InChI=1S/C46H29N3/c1-2-13-31-28-32(25-24-30(31)12-1)47-39-18-7-5-16-36(39)38-29-33(26-27-43(38)47)48-42-21-10-6-17-37(42)46-44(48)22-11-23-45(46)49-40-19-8-3-14-34(40)35-15-4-9-20-41(35)49/h1-29H. The first kappa shape index (κ1) is 26.5. The number of hydrogen-bond acceptors (Lipinski definition) is 0. The summed E-state index contributed by atoms with van der Waals surface area (Å²) in [6.07, 6.45) is 0. The van der Waals surface area contributed by atoms with E-state index in [2.05, 4.69) is 190 Å². The molecule has 3 heteroatoms. The number of hydrogen-bond donors (Lipinski definition) is 0. The summed E-state index contributed by atoms with van der Waals surface area (Å²) >= 11 is 0. The van der Waals surface area contributed by atoms with Gasteiger partial charge in [0.05, 0.1) is 38.8 Å². The lowest BCUT2D eigenvalue weighted by atomic mass is 10.1. The number of benzene rings is 8. The molecule has 0 radical (unpaired) electrons. The van der Waals surface area contributed by atoms with Gasteiger partial charge >= 0.3 is 0 Å². The molecule has 0 saturated carbocycles. The van der Waals surface area contributed by atoms with E-state index in [1.165, 1.54) is 87.6 Å². The van der Waals surface area contributed by atoms with Crippen LogP contribution >= 0.6 is 0 Å². The second-order valence-corrected chi connectivity index (χ2v) is 13.0. The summed E-state index contributed by atoms with van der Waals surface area (Å²) in [5, 5.41) is 10.0. The highest BCUT2D eigenvalue weighted by Crippen LogP contribution is 2.41. The maximum atomic E-state index is 2.45. The lowest BCUT2D eigenvalue weighted by molar-refractivity contribution is 1.16. The Balaban J connectivity index is 1.20. The zero-order chi connectivity index (χ0) is 32.1. The SMILES string of the molecule is c1ccc2cc(-n3c4ccccc4c4cc(-n5c6ccccc6c6c(-n7c8ccccc8c8ccccc87)cccc65)ccc43)ccc2c1. The Morgan fingerprint density at radius 1 is 0.265 bits per heavy atom. The molecule has 0 amide bonds. The predicted octanol–water partition coefficient (Wildman–Crippen LogP) is 12.1. The van der Waals surface area contributed by atoms with Gasteiger partial charge in [0.2, 0.25) is 0 Å². The summed E-state index contributed by atoms with van der Waals surface area (Å²) < 4.78 is 7.31. The van der Waals surface area contributed by atoms with Gasteiger partial charge in [-0.25, -0.2) is 0 Å². The highest BCUT2D eigenvalue weighted by Gasteiger charge is 2.20. The molecule has 0 spiro atoms.